The molecule has 116 valence electrons. The number of nitrogens with one attached hydrogen (secondary N) is 1. The zero-order valence-corrected chi connectivity index (χ0v) is 13.5. The van der Waals surface area contributed by atoms with Crippen molar-refractivity contribution >= 4 is 17.5 Å². The summed E-state index contributed by atoms with van der Waals surface area (Å²) in [6.45, 7) is 9.44. The predicted molar refractivity (Wildman–Crippen MR) is 80.4 cm³/mol. The van der Waals surface area contributed by atoms with Gasteiger partial charge in [-0.2, -0.15) is 0 Å². The van der Waals surface area contributed by atoms with Gasteiger partial charge in [0, 0.05) is 25.2 Å². The highest BCUT2D eigenvalue weighted by molar-refractivity contribution is 5.89. The summed E-state index contributed by atoms with van der Waals surface area (Å²) < 4.78 is 0. The second kappa shape index (κ2) is 9.67. The van der Waals surface area contributed by atoms with Crippen LogP contribution in [0.15, 0.2) is 0 Å². The molecule has 0 aromatic heterocycles. The molecule has 0 fully saturated rings. The third-order valence-corrected chi connectivity index (χ3v) is 3.40. The molecule has 0 saturated carbocycles. The van der Waals surface area contributed by atoms with Gasteiger partial charge in [-0.3, -0.25) is 14.4 Å². The number of amides is 1. The maximum absolute atomic E-state index is 11.8. The van der Waals surface area contributed by atoms with Gasteiger partial charge in [0.25, 0.3) is 0 Å². The smallest absolute Gasteiger partial charge is 0.220 e. The maximum Gasteiger partial charge on any atom is 0.220 e. The highest BCUT2D eigenvalue weighted by Gasteiger charge is 2.22. The molecule has 0 aliphatic carbocycles. The van der Waals surface area contributed by atoms with Gasteiger partial charge in [-0.15, -0.1) is 0 Å². The Morgan fingerprint density at radius 3 is 1.90 bits per heavy atom. The van der Waals surface area contributed by atoms with Gasteiger partial charge in [-0.25, -0.2) is 0 Å². The quantitative estimate of drug-likeness (QED) is 0.627. The van der Waals surface area contributed by atoms with E-state index in [1.165, 1.54) is 0 Å². The Hall–Kier alpha value is -1.19. The van der Waals surface area contributed by atoms with Crippen LogP contribution in [0, 0.1) is 11.8 Å². The van der Waals surface area contributed by atoms with Crippen molar-refractivity contribution < 1.29 is 14.4 Å². The summed E-state index contributed by atoms with van der Waals surface area (Å²) in [5, 5.41) is 2.80. The molecule has 0 saturated heterocycles. The lowest BCUT2D eigenvalue weighted by atomic mass is 9.98. The van der Waals surface area contributed by atoms with E-state index in [1.807, 2.05) is 27.7 Å². The molecule has 1 N–H and O–H groups in total. The average molecular weight is 283 g/mol. The topological polar surface area (TPSA) is 63.2 Å². The van der Waals surface area contributed by atoms with E-state index >= 15 is 0 Å². The molecular weight excluding hydrogens is 254 g/mol. The molecule has 0 aliphatic heterocycles. The minimum atomic E-state index is -0.384. The molecule has 20 heavy (non-hydrogen) atoms. The second-order valence-corrected chi connectivity index (χ2v) is 5.94. The van der Waals surface area contributed by atoms with E-state index in [4.69, 9.17) is 0 Å². The first-order valence-corrected chi connectivity index (χ1v) is 7.64. The summed E-state index contributed by atoms with van der Waals surface area (Å²) in [6, 6.07) is -0.384. The predicted octanol–water partition coefficient (Wildman–Crippen LogP) is 2.89. The molecule has 0 aromatic carbocycles. The Bertz CT molecular complexity index is 335. The molecule has 1 atom stereocenters. The lowest BCUT2D eigenvalue weighted by molar-refractivity contribution is -0.128. The van der Waals surface area contributed by atoms with Crippen molar-refractivity contribution in [3.05, 3.63) is 0 Å². The Balaban J connectivity index is 4.03. The van der Waals surface area contributed by atoms with Crippen LogP contribution in [0.25, 0.3) is 0 Å². The van der Waals surface area contributed by atoms with Gasteiger partial charge in [-0.1, -0.05) is 34.6 Å². The molecule has 4 heteroatoms. The molecule has 1 amide bonds. The summed E-state index contributed by atoms with van der Waals surface area (Å²) in [6.07, 6.45) is 2.78. The Labute approximate surface area is 122 Å². The van der Waals surface area contributed by atoms with Gasteiger partial charge in [0.2, 0.25) is 5.91 Å². The van der Waals surface area contributed by atoms with Crippen molar-refractivity contribution in [3.8, 4) is 0 Å². The van der Waals surface area contributed by atoms with Gasteiger partial charge in [-0.05, 0) is 18.8 Å². The molecule has 0 bridgehead atoms. The van der Waals surface area contributed by atoms with E-state index in [2.05, 4.69) is 5.32 Å². The summed E-state index contributed by atoms with van der Waals surface area (Å²) >= 11 is 0. The summed E-state index contributed by atoms with van der Waals surface area (Å²) in [4.78, 5) is 35.0. The molecule has 0 unspecified atom stereocenters. The fourth-order valence-corrected chi connectivity index (χ4v) is 1.96. The number of Topliss-reactive ketones (excluding diaryl/α,β-unsaturated/α-hetero) is 2. The Kier molecular flexibility index (Phi) is 9.10. The van der Waals surface area contributed by atoms with Gasteiger partial charge < -0.3 is 5.32 Å². The highest BCUT2D eigenvalue weighted by Crippen LogP contribution is 2.08. The van der Waals surface area contributed by atoms with E-state index in [0.29, 0.717) is 25.7 Å². The van der Waals surface area contributed by atoms with Crippen LogP contribution in [0.3, 0.4) is 0 Å². The molecular formula is C16H29NO3. The molecule has 0 aromatic rings. The number of carbonyl (C=O) groups is 3. The van der Waals surface area contributed by atoms with Crippen molar-refractivity contribution in [2.45, 2.75) is 72.8 Å². The van der Waals surface area contributed by atoms with E-state index in [1.54, 1.807) is 6.92 Å². The number of rotatable bonds is 10. The average Bonchev–Trinajstić information content (AvgIpc) is 2.39. The summed E-state index contributed by atoms with van der Waals surface area (Å²) in [5.74, 6) is 0.391. The highest BCUT2D eigenvalue weighted by atomic mass is 16.2. The van der Waals surface area contributed by atoms with Gasteiger partial charge in [0.05, 0.1) is 6.04 Å². The minimum Gasteiger partial charge on any atom is -0.346 e. The Morgan fingerprint density at radius 2 is 1.45 bits per heavy atom. The van der Waals surface area contributed by atoms with Crippen molar-refractivity contribution in [1.82, 2.24) is 5.32 Å². The standard InChI is InChI=1S/C16H29NO3/c1-6-13(18)16(12(4)5)17-15(20)10-8-7-9-14(19)11(2)3/h11-12,16H,6-10H2,1-5H3,(H,17,20)/t16-/m0/s1. The zero-order chi connectivity index (χ0) is 15.7. The Morgan fingerprint density at radius 1 is 0.900 bits per heavy atom. The van der Waals surface area contributed by atoms with Gasteiger partial charge >= 0.3 is 0 Å². The lowest BCUT2D eigenvalue weighted by Gasteiger charge is -2.20. The summed E-state index contributed by atoms with van der Waals surface area (Å²) in [7, 11) is 0. The number of ketones is 2. The fraction of sp³-hybridized carbons (Fsp3) is 0.812. The van der Waals surface area contributed by atoms with Gasteiger partial charge in [0.1, 0.15) is 5.78 Å². The number of carbonyl (C=O) groups excluding carboxylic acids is 3. The third-order valence-electron chi connectivity index (χ3n) is 3.40. The second-order valence-electron chi connectivity index (χ2n) is 5.94. The number of hydrogen-bond donors (Lipinski definition) is 1. The van der Waals surface area contributed by atoms with E-state index < -0.39 is 0 Å². The van der Waals surface area contributed by atoms with Crippen molar-refractivity contribution in [1.29, 1.82) is 0 Å². The van der Waals surface area contributed by atoms with Crippen molar-refractivity contribution in [2.75, 3.05) is 0 Å². The van der Waals surface area contributed by atoms with Crippen LogP contribution < -0.4 is 5.32 Å². The number of unbranched alkanes of at least 4 members (excludes halogenated alkanes) is 1. The first-order chi connectivity index (χ1) is 9.29. The SMILES string of the molecule is CCC(=O)[C@@H](NC(=O)CCCCC(=O)C(C)C)C(C)C. The maximum atomic E-state index is 11.8. The minimum absolute atomic E-state index is 0.0660. The van der Waals surface area contributed by atoms with Crippen LogP contribution in [0.2, 0.25) is 0 Å². The fourth-order valence-electron chi connectivity index (χ4n) is 1.96. The molecule has 0 rings (SSSR count). The first kappa shape index (κ1) is 18.8. The van der Waals surface area contributed by atoms with Crippen LogP contribution in [-0.4, -0.2) is 23.5 Å². The zero-order valence-electron chi connectivity index (χ0n) is 13.5. The molecule has 0 aliphatic rings. The largest absolute Gasteiger partial charge is 0.346 e. The van der Waals surface area contributed by atoms with Crippen LogP contribution in [0.4, 0.5) is 0 Å². The lowest BCUT2D eigenvalue weighted by Crippen LogP contribution is -2.44. The van der Waals surface area contributed by atoms with Crippen LogP contribution >= 0.6 is 0 Å². The first-order valence-electron chi connectivity index (χ1n) is 7.64. The molecule has 0 spiro atoms. The normalized spacial score (nSPS) is 12.6. The van der Waals surface area contributed by atoms with Crippen molar-refractivity contribution in [3.63, 3.8) is 0 Å². The van der Waals surface area contributed by atoms with Crippen LogP contribution in [0.1, 0.15) is 66.7 Å². The van der Waals surface area contributed by atoms with Crippen LogP contribution in [-0.2, 0) is 14.4 Å². The monoisotopic (exact) mass is 283 g/mol. The van der Waals surface area contributed by atoms with E-state index in [0.717, 1.165) is 6.42 Å². The van der Waals surface area contributed by atoms with Crippen molar-refractivity contribution in [2.24, 2.45) is 11.8 Å². The van der Waals surface area contributed by atoms with Crippen LogP contribution in [0.5, 0.6) is 0 Å². The molecule has 4 nitrogen and oxygen atoms in total. The molecule has 0 radical (unpaired) electrons. The molecule has 0 heterocycles. The van der Waals surface area contributed by atoms with E-state index in [-0.39, 0.29) is 35.4 Å². The summed E-state index contributed by atoms with van der Waals surface area (Å²) in [5.41, 5.74) is 0. The van der Waals surface area contributed by atoms with Gasteiger partial charge in [0.15, 0.2) is 5.78 Å². The third kappa shape index (κ3) is 7.41. The van der Waals surface area contributed by atoms with E-state index in [9.17, 15) is 14.4 Å². The number of hydrogen-bond acceptors (Lipinski definition) is 3.